The van der Waals surface area contributed by atoms with Crippen LogP contribution in [0.3, 0.4) is 0 Å². The largest absolute Gasteiger partial charge is 0.339 e. The molecule has 0 saturated carbocycles. The number of halogens is 1. The van der Waals surface area contributed by atoms with E-state index in [2.05, 4.69) is 16.5 Å². The van der Waals surface area contributed by atoms with Gasteiger partial charge in [-0.05, 0) is 42.8 Å². The second kappa shape index (κ2) is 9.47. The van der Waals surface area contributed by atoms with Crippen molar-refractivity contribution in [3.63, 3.8) is 0 Å². The second-order valence-electron chi connectivity index (χ2n) is 7.08. The van der Waals surface area contributed by atoms with Gasteiger partial charge in [0.2, 0.25) is 15.9 Å². The van der Waals surface area contributed by atoms with Crippen molar-refractivity contribution < 1.29 is 17.6 Å². The molecule has 1 amide bonds. The van der Waals surface area contributed by atoms with Crippen LogP contribution in [0.2, 0.25) is 0 Å². The molecule has 1 heterocycles. The van der Waals surface area contributed by atoms with E-state index in [1.165, 1.54) is 12.1 Å². The Balaban J connectivity index is 1.81. The first kappa shape index (κ1) is 21.4. The predicted octanol–water partition coefficient (Wildman–Crippen LogP) is 1.88. The molecule has 3 rings (SSSR count). The molecule has 8 heteroatoms. The van der Waals surface area contributed by atoms with Gasteiger partial charge in [-0.2, -0.15) is 4.72 Å². The number of nitrogens with one attached hydrogen (secondary N) is 1. The van der Waals surface area contributed by atoms with Gasteiger partial charge in [0.1, 0.15) is 11.9 Å². The van der Waals surface area contributed by atoms with Crippen molar-refractivity contribution in [2.24, 2.45) is 0 Å². The molecule has 0 unspecified atom stereocenters. The third-order valence-corrected chi connectivity index (χ3v) is 6.62. The maximum Gasteiger partial charge on any atom is 0.241 e. The van der Waals surface area contributed by atoms with Crippen LogP contribution in [0.1, 0.15) is 12.5 Å². The summed E-state index contributed by atoms with van der Waals surface area (Å²) in [5.74, 6) is -0.759. The molecule has 1 fully saturated rings. The summed E-state index contributed by atoms with van der Waals surface area (Å²) in [6, 6.07) is 12.9. The summed E-state index contributed by atoms with van der Waals surface area (Å²) in [6.45, 7) is 5.67. The molecule has 1 atom stereocenters. The molecule has 0 aliphatic carbocycles. The van der Waals surface area contributed by atoms with Crippen molar-refractivity contribution in [2.45, 2.75) is 24.3 Å². The minimum Gasteiger partial charge on any atom is -0.339 e. The number of piperazine rings is 1. The Morgan fingerprint density at radius 2 is 1.66 bits per heavy atom. The van der Waals surface area contributed by atoms with E-state index in [4.69, 9.17) is 0 Å². The lowest BCUT2D eigenvalue weighted by Gasteiger charge is -2.36. The van der Waals surface area contributed by atoms with Crippen LogP contribution >= 0.6 is 0 Å². The minimum atomic E-state index is -3.97. The SMILES string of the molecule is CCN1CCN(C(=O)[C@@H](Cc2ccccc2)NS(=O)(=O)c2ccc(F)cc2)CC1. The molecule has 0 radical (unpaired) electrons. The normalized spacial score (nSPS) is 16.6. The molecule has 0 bridgehead atoms. The average Bonchev–Trinajstić information content (AvgIpc) is 2.74. The molecular formula is C21H26FN3O3S. The molecule has 1 aliphatic heterocycles. The van der Waals surface area contributed by atoms with Crippen LogP contribution in [0.15, 0.2) is 59.5 Å². The fourth-order valence-corrected chi connectivity index (χ4v) is 4.59. The highest BCUT2D eigenvalue weighted by atomic mass is 32.2. The topological polar surface area (TPSA) is 69.7 Å². The van der Waals surface area contributed by atoms with Crippen LogP contribution < -0.4 is 4.72 Å². The highest BCUT2D eigenvalue weighted by molar-refractivity contribution is 7.89. The number of carbonyl (C=O) groups excluding carboxylic acids is 1. The summed E-state index contributed by atoms with van der Waals surface area (Å²) in [5.41, 5.74) is 0.861. The Hall–Kier alpha value is -2.29. The van der Waals surface area contributed by atoms with E-state index in [0.29, 0.717) is 13.1 Å². The van der Waals surface area contributed by atoms with Crippen LogP contribution in [-0.4, -0.2) is 62.9 Å². The van der Waals surface area contributed by atoms with Gasteiger partial charge in [0.05, 0.1) is 4.90 Å². The number of sulfonamides is 1. The Labute approximate surface area is 171 Å². The number of nitrogens with zero attached hydrogens (tertiary/aromatic N) is 2. The Bertz CT molecular complexity index is 912. The number of carbonyl (C=O) groups is 1. The van der Waals surface area contributed by atoms with Gasteiger partial charge in [-0.25, -0.2) is 12.8 Å². The van der Waals surface area contributed by atoms with Gasteiger partial charge in [0.15, 0.2) is 0 Å². The number of amides is 1. The third-order valence-electron chi connectivity index (χ3n) is 5.13. The number of hydrogen-bond acceptors (Lipinski definition) is 4. The Morgan fingerprint density at radius 3 is 2.24 bits per heavy atom. The van der Waals surface area contributed by atoms with Gasteiger partial charge in [-0.15, -0.1) is 0 Å². The van der Waals surface area contributed by atoms with Crippen molar-refractivity contribution in [3.05, 3.63) is 66.0 Å². The van der Waals surface area contributed by atoms with Crippen molar-refractivity contribution in [2.75, 3.05) is 32.7 Å². The molecule has 2 aromatic carbocycles. The zero-order valence-electron chi connectivity index (χ0n) is 16.4. The van der Waals surface area contributed by atoms with E-state index < -0.39 is 21.9 Å². The quantitative estimate of drug-likeness (QED) is 0.744. The maximum absolute atomic E-state index is 13.2. The van der Waals surface area contributed by atoms with Crippen LogP contribution in [0.25, 0.3) is 0 Å². The van der Waals surface area contributed by atoms with E-state index >= 15 is 0 Å². The molecule has 1 aliphatic rings. The van der Waals surface area contributed by atoms with Crippen LogP contribution in [0.4, 0.5) is 4.39 Å². The van der Waals surface area contributed by atoms with Crippen LogP contribution in [-0.2, 0) is 21.2 Å². The maximum atomic E-state index is 13.2. The first-order valence-electron chi connectivity index (χ1n) is 9.72. The van der Waals surface area contributed by atoms with E-state index in [1.807, 2.05) is 30.3 Å². The second-order valence-corrected chi connectivity index (χ2v) is 8.79. The van der Waals surface area contributed by atoms with Crippen molar-refractivity contribution in [1.29, 1.82) is 0 Å². The van der Waals surface area contributed by atoms with Gasteiger partial charge in [0.25, 0.3) is 0 Å². The molecular weight excluding hydrogens is 393 g/mol. The molecule has 156 valence electrons. The number of hydrogen-bond donors (Lipinski definition) is 1. The van der Waals surface area contributed by atoms with Crippen molar-refractivity contribution in [3.8, 4) is 0 Å². The molecule has 29 heavy (non-hydrogen) atoms. The molecule has 0 aromatic heterocycles. The summed E-state index contributed by atoms with van der Waals surface area (Å²) in [4.78, 5) is 17.1. The molecule has 2 aromatic rings. The number of rotatable bonds is 7. The fourth-order valence-electron chi connectivity index (χ4n) is 3.40. The van der Waals surface area contributed by atoms with Crippen molar-refractivity contribution >= 4 is 15.9 Å². The average molecular weight is 420 g/mol. The summed E-state index contributed by atoms with van der Waals surface area (Å²) in [6.07, 6.45) is 0.244. The van der Waals surface area contributed by atoms with Gasteiger partial charge in [-0.1, -0.05) is 37.3 Å². The van der Waals surface area contributed by atoms with Gasteiger partial charge in [0, 0.05) is 26.2 Å². The minimum absolute atomic E-state index is 0.0689. The number of benzene rings is 2. The first-order valence-corrected chi connectivity index (χ1v) is 11.2. The lowest BCUT2D eigenvalue weighted by molar-refractivity contribution is -0.134. The smallest absolute Gasteiger partial charge is 0.241 e. The molecule has 0 spiro atoms. The zero-order chi connectivity index (χ0) is 20.9. The summed E-state index contributed by atoms with van der Waals surface area (Å²) in [7, 11) is -3.97. The van der Waals surface area contributed by atoms with Gasteiger partial charge >= 0.3 is 0 Å². The van der Waals surface area contributed by atoms with Crippen molar-refractivity contribution in [1.82, 2.24) is 14.5 Å². The highest BCUT2D eigenvalue weighted by Gasteiger charge is 2.31. The molecule has 6 nitrogen and oxygen atoms in total. The summed E-state index contributed by atoms with van der Waals surface area (Å²) in [5, 5.41) is 0. The van der Waals surface area contributed by atoms with E-state index in [0.717, 1.165) is 37.3 Å². The lowest BCUT2D eigenvalue weighted by Crippen LogP contribution is -2.55. The van der Waals surface area contributed by atoms with E-state index in [9.17, 15) is 17.6 Å². The van der Waals surface area contributed by atoms with Gasteiger partial charge < -0.3 is 9.80 Å². The third kappa shape index (κ3) is 5.62. The molecule has 1 saturated heterocycles. The fraction of sp³-hybridized carbons (Fsp3) is 0.381. The Kier molecular flexibility index (Phi) is 7.00. The lowest BCUT2D eigenvalue weighted by atomic mass is 10.1. The standard InChI is InChI=1S/C21H26FN3O3S/c1-2-24-12-14-25(15-13-24)21(26)20(16-17-6-4-3-5-7-17)23-29(27,28)19-10-8-18(22)9-11-19/h3-11,20,23H,2,12-16H2,1H3/t20-/m1/s1. The number of likely N-dealkylation sites (N-methyl/N-ethyl adjacent to an activating group) is 1. The van der Waals surface area contributed by atoms with E-state index in [1.54, 1.807) is 4.90 Å². The first-order chi connectivity index (χ1) is 13.9. The Morgan fingerprint density at radius 1 is 1.03 bits per heavy atom. The van der Waals surface area contributed by atoms with Crippen LogP contribution in [0.5, 0.6) is 0 Å². The molecule has 1 N–H and O–H groups in total. The highest BCUT2D eigenvalue weighted by Crippen LogP contribution is 2.14. The van der Waals surface area contributed by atoms with E-state index in [-0.39, 0.29) is 17.2 Å². The zero-order valence-corrected chi connectivity index (χ0v) is 17.2. The van der Waals surface area contributed by atoms with Gasteiger partial charge in [-0.3, -0.25) is 4.79 Å². The van der Waals surface area contributed by atoms with Crippen LogP contribution in [0, 0.1) is 5.82 Å². The monoisotopic (exact) mass is 419 g/mol. The summed E-state index contributed by atoms with van der Waals surface area (Å²) < 4.78 is 41.4. The summed E-state index contributed by atoms with van der Waals surface area (Å²) >= 11 is 0. The predicted molar refractivity (Wildman–Crippen MR) is 109 cm³/mol.